The summed E-state index contributed by atoms with van der Waals surface area (Å²) in [5.74, 6) is -0.983. The van der Waals surface area contributed by atoms with Gasteiger partial charge in [0.25, 0.3) is 0 Å². The molecule has 1 fully saturated rings. The molecule has 126 valence electrons. The summed E-state index contributed by atoms with van der Waals surface area (Å²) in [5, 5.41) is 13.0. The van der Waals surface area contributed by atoms with Crippen molar-refractivity contribution in [2.75, 3.05) is 13.1 Å². The van der Waals surface area contributed by atoms with Gasteiger partial charge >= 0.3 is 12.1 Å². The molecule has 0 saturated carbocycles. The molecule has 0 aliphatic carbocycles. The first-order valence-corrected chi connectivity index (χ1v) is 7.86. The summed E-state index contributed by atoms with van der Waals surface area (Å²) in [6.07, 6.45) is 4.02. The Kier molecular flexibility index (Phi) is 4.79. The smallest absolute Gasteiger partial charge is 0.410 e. The van der Waals surface area contributed by atoms with Gasteiger partial charge in [-0.1, -0.05) is 30.3 Å². The lowest BCUT2D eigenvalue weighted by molar-refractivity contribution is 0.0696. The Labute approximate surface area is 139 Å². The molecule has 24 heavy (non-hydrogen) atoms. The monoisotopic (exact) mass is 329 g/mol. The molecule has 0 unspecified atom stereocenters. The number of carboxylic acid groups (broad SMARTS) is 1. The molecule has 7 heteroatoms. The summed E-state index contributed by atoms with van der Waals surface area (Å²) in [6.45, 7) is 1.40. The van der Waals surface area contributed by atoms with Crippen molar-refractivity contribution in [1.82, 2.24) is 14.7 Å². The molecule has 1 aromatic heterocycles. The van der Waals surface area contributed by atoms with Crippen molar-refractivity contribution in [1.29, 1.82) is 0 Å². The average molecular weight is 329 g/mol. The Hall–Kier alpha value is -2.83. The lowest BCUT2D eigenvalue weighted by Crippen LogP contribution is -2.39. The van der Waals surface area contributed by atoms with Crippen LogP contribution in [0.4, 0.5) is 4.79 Å². The Morgan fingerprint density at radius 3 is 2.54 bits per heavy atom. The minimum Gasteiger partial charge on any atom is -0.478 e. The summed E-state index contributed by atoms with van der Waals surface area (Å²) < 4.78 is 7.01. The largest absolute Gasteiger partial charge is 0.478 e. The predicted molar refractivity (Wildman–Crippen MR) is 85.7 cm³/mol. The van der Waals surface area contributed by atoms with Crippen molar-refractivity contribution in [3.8, 4) is 0 Å². The second-order valence-corrected chi connectivity index (χ2v) is 5.77. The van der Waals surface area contributed by atoms with E-state index in [4.69, 9.17) is 9.84 Å². The normalized spacial score (nSPS) is 15.2. The zero-order valence-corrected chi connectivity index (χ0v) is 13.2. The van der Waals surface area contributed by atoms with Gasteiger partial charge < -0.3 is 14.7 Å². The topological polar surface area (TPSA) is 84.7 Å². The molecule has 0 spiro atoms. The SMILES string of the molecule is O=C(O)c1cnn(C2CCN(C(=O)OCc3ccccc3)CC2)c1. The number of amides is 1. The van der Waals surface area contributed by atoms with Crippen LogP contribution >= 0.6 is 0 Å². The minimum absolute atomic E-state index is 0.108. The van der Waals surface area contributed by atoms with E-state index in [9.17, 15) is 9.59 Å². The fraction of sp³-hybridized carbons (Fsp3) is 0.353. The third kappa shape index (κ3) is 3.73. The molecule has 2 aromatic rings. The van der Waals surface area contributed by atoms with Crippen LogP contribution in [-0.2, 0) is 11.3 Å². The van der Waals surface area contributed by atoms with E-state index in [1.54, 1.807) is 9.58 Å². The number of likely N-dealkylation sites (tertiary alicyclic amines) is 1. The van der Waals surface area contributed by atoms with Gasteiger partial charge in [0, 0.05) is 19.3 Å². The Bertz CT molecular complexity index is 706. The second kappa shape index (κ2) is 7.16. The van der Waals surface area contributed by atoms with Crippen LogP contribution in [-0.4, -0.2) is 44.9 Å². The highest BCUT2D eigenvalue weighted by Crippen LogP contribution is 2.22. The number of hydrogen-bond acceptors (Lipinski definition) is 4. The molecular formula is C17H19N3O4. The first-order valence-electron chi connectivity index (χ1n) is 7.86. The van der Waals surface area contributed by atoms with Gasteiger partial charge in [-0.15, -0.1) is 0 Å². The van der Waals surface area contributed by atoms with Crippen molar-refractivity contribution in [3.05, 3.63) is 53.9 Å². The van der Waals surface area contributed by atoms with Gasteiger partial charge in [-0.2, -0.15) is 5.10 Å². The van der Waals surface area contributed by atoms with Gasteiger partial charge in [-0.05, 0) is 18.4 Å². The molecule has 1 amide bonds. The van der Waals surface area contributed by atoms with Gasteiger partial charge in [-0.3, -0.25) is 4.68 Å². The number of rotatable bonds is 4. The summed E-state index contributed by atoms with van der Waals surface area (Å²) in [4.78, 5) is 24.7. The molecule has 0 radical (unpaired) electrons. The number of carbonyl (C=O) groups excluding carboxylic acids is 1. The molecule has 1 aromatic carbocycles. The second-order valence-electron chi connectivity index (χ2n) is 5.77. The molecule has 2 heterocycles. The van der Waals surface area contributed by atoms with Gasteiger partial charge in [0.1, 0.15) is 6.61 Å². The highest BCUT2D eigenvalue weighted by molar-refractivity contribution is 5.86. The standard InChI is InChI=1S/C17H19N3O4/c21-16(22)14-10-18-20(11-14)15-6-8-19(9-7-15)17(23)24-12-13-4-2-1-3-5-13/h1-5,10-11,15H,6-9,12H2,(H,21,22). The van der Waals surface area contributed by atoms with Gasteiger partial charge in [0.15, 0.2) is 0 Å². The van der Waals surface area contributed by atoms with Crippen LogP contribution in [0.25, 0.3) is 0 Å². The number of carboxylic acids is 1. The van der Waals surface area contributed by atoms with E-state index < -0.39 is 5.97 Å². The number of carbonyl (C=O) groups is 2. The van der Waals surface area contributed by atoms with E-state index >= 15 is 0 Å². The van der Waals surface area contributed by atoms with Crippen molar-refractivity contribution < 1.29 is 19.4 Å². The number of aromatic nitrogens is 2. The predicted octanol–water partition coefficient (Wildman–Crippen LogP) is 2.56. The minimum atomic E-state index is -0.983. The van der Waals surface area contributed by atoms with E-state index in [1.165, 1.54) is 12.4 Å². The van der Waals surface area contributed by atoms with E-state index in [2.05, 4.69) is 5.10 Å². The molecule has 1 saturated heterocycles. The van der Waals surface area contributed by atoms with Crippen LogP contribution in [0.2, 0.25) is 0 Å². The van der Waals surface area contributed by atoms with Gasteiger partial charge in [-0.25, -0.2) is 9.59 Å². The van der Waals surface area contributed by atoms with Crippen LogP contribution in [0.1, 0.15) is 34.8 Å². The summed E-state index contributed by atoms with van der Waals surface area (Å²) in [5.41, 5.74) is 1.14. The highest BCUT2D eigenvalue weighted by atomic mass is 16.6. The van der Waals surface area contributed by atoms with E-state index in [1.807, 2.05) is 30.3 Å². The zero-order chi connectivity index (χ0) is 16.9. The molecule has 1 N–H and O–H groups in total. The third-order valence-electron chi connectivity index (χ3n) is 4.15. The van der Waals surface area contributed by atoms with Crippen LogP contribution in [0, 0.1) is 0 Å². The van der Waals surface area contributed by atoms with Crippen LogP contribution < -0.4 is 0 Å². The maximum Gasteiger partial charge on any atom is 0.410 e. The zero-order valence-electron chi connectivity index (χ0n) is 13.2. The molecule has 7 nitrogen and oxygen atoms in total. The van der Waals surface area contributed by atoms with E-state index in [0.717, 1.165) is 18.4 Å². The molecule has 1 aliphatic heterocycles. The molecule has 1 aliphatic rings. The van der Waals surface area contributed by atoms with Crippen molar-refractivity contribution in [2.24, 2.45) is 0 Å². The lowest BCUT2D eigenvalue weighted by Gasteiger charge is -2.31. The Morgan fingerprint density at radius 1 is 1.21 bits per heavy atom. The quantitative estimate of drug-likeness (QED) is 0.932. The van der Waals surface area contributed by atoms with Crippen molar-refractivity contribution in [2.45, 2.75) is 25.5 Å². The number of nitrogens with zero attached hydrogens (tertiary/aromatic N) is 3. The summed E-state index contributed by atoms with van der Waals surface area (Å²) >= 11 is 0. The molecular weight excluding hydrogens is 310 g/mol. The van der Waals surface area contributed by atoms with Crippen molar-refractivity contribution in [3.63, 3.8) is 0 Å². The van der Waals surface area contributed by atoms with E-state index in [-0.39, 0.29) is 24.3 Å². The fourth-order valence-electron chi connectivity index (χ4n) is 2.77. The Balaban J connectivity index is 1.49. The number of aromatic carboxylic acids is 1. The maximum atomic E-state index is 12.1. The van der Waals surface area contributed by atoms with Crippen LogP contribution in [0.3, 0.4) is 0 Å². The van der Waals surface area contributed by atoms with Gasteiger partial charge in [0.05, 0.1) is 17.8 Å². The first-order chi connectivity index (χ1) is 11.6. The third-order valence-corrected chi connectivity index (χ3v) is 4.15. The lowest BCUT2D eigenvalue weighted by atomic mass is 10.1. The number of hydrogen-bond donors (Lipinski definition) is 1. The average Bonchev–Trinajstić information content (AvgIpc) is 3.11. The molecule has 0 bridgehead atoms. The van der Waals surface area contributed by atoms with Gasteiger partial charge in [0.2, 0.25) is 0 Å². The first kappa shape index (κ1) is 16.0. The summed E-state index contributed by atoms with van der Waals surface area (Å²) in [7, 11) is 0. The number of benzene rings is 1. The number of piperidine rings is 1. The van der Waals surface area contributed by atoms with Crippen molar-refractivity contribution >= 4 is 12.1 Å². The van der Waals surface area contributed by atoms with Crippen LogP contribution in [0.15, 0.2) is 42.7 Å². The fourth-order valence-corrected chi connectivity index (χ4v) is 2.77. The van der Waals surface area contributed by atoms with E-state index in [0.29, 0.717) is 13.1 Å². The molecule has 3 rings (SSSR count). The van der Waals surface area contributed by atoms with Crippen LogP contribution in [0.5, 0.6) is 0 Å². The summed E-state index contributed by atoms with van der Waals surface area (Å²) in [6, 6.07) is 9.67. The number of ether oxygens (including phenoxy) is 1. The highest BCUT2D eigenvalue weighted by Gasteiger charge is 2.25. The Morgan fingerprint density at radius 2 is 1.92 bits per heavy atom. The maximum absolute atomic E-state index is 12.1. The molecule has 0 atom stereocenters.